The summed E-state index contributed by atoms with van der Waals surface area (Å²) in [6, 6.07) is 7.56. The molecule has 2 N–H and O–H groups in total. The summed E-state index contributed by atoms with van der Waals surface area (Å²) in [6.45, 7) is 9.44. The Labute approximate surface area is 196 Å². The Morgan fingerprint density at radius 3 is 2.91 bits per heavy atom. The van der Waals surface area contributed by atoms with Gasteiger partial charge in [-0.25, -0.2) is 9.98 Å². The molecule has 0 aromatic heterocycles. The summed E-state index contributed by atoms with van der Waals surface area (Å²) in [4.78, 5) is 22.2. The van der Waals surface area contributed by atoms with E-state index in [-0.39, 0.29) is 24.0 Å². The first kappa shape index (κ1) is 24.9. The van der Waals surface area contributed by atoms with Crippen molar-refractivity contribution < 1.29 is 19.4 Å². The normalized spacial score (nSPS) is 21.7. The van der Waals surface area contributed by atoms with Crippen LogP contribution in [0, 0.1) is 5.41 Å². The largest absolute Gasteiger partial charge is 0.478 e. The summed E-state index contributed by atoms with van der Waals surface area (Å²) in [5.74, 6) is 0.363. The number of carbonyl (C=O) groups is 1. The van der Waals surface area contributed by atoms with Crippen LogP contribution in [0.4, 0.5) is 5.69 Å². The standard InChI is InChI=1S/C26H35N3O4/c1-5-24(33-6-2)27-17-26(3,4)15-18-11-12-22(28-20-10-8-7-9-19(18)20)25(31)29-21-13-14-32-16-23(21)30/h5,7-11,17,21,23,30H,6,12-16H2,1-4H3,(H,29,31). The van der Waals surface area contributed by atoms with Crippen molar-refractivity contribution in [2.75, 3.05) is 19.8 Å². The minimum absolute atomic E-state index is 0.233. The first-order valence-electron chi connectivity index (χ1n) is 11.6. The molecule has 33 heavy (non-hydrogen) atoms. The van der Waals surface area contributed by atoms with Gasteiger partial charge in [0.15, 0.2) is 0 Å². The number of fused-ring (bicyclic) bond motifs is 1. The SMILES string of the molecule is CC=C(N=CC(C)(C)CC1=CCC(C(=O)NC2CCOCC2O)=Nc2ccccc21)OCC. The summed E-state index contributed by atoms with van der Waals surface area (Å²) >= 11 is 0. The highest BCUT2D eigenvalue weighted by Gasteiger charge is 2.28. The molecule has 0 spiro atoms. The highest BCUT2D eigenvalue weighted by molar-refractivity contribution is 6.40. The van der Waals surface area contributed by atoms with Crippen molar-refractivity contribution >= 4 is 29.1 Å². The number of aliphatic hydroxyl groups is 1. The summed E-state index contributed by atoms with van der Waals surface area (Å²) in [5, 5.41) is 13.1. The predicted molar refractivity (Wildman–Crippen MR) is 132 cm³/mol. The lowest BCUT2D eigenvalue weighted by molar-refractivity contribution is -0.118. The molecule has 1 amide bonds. The van der Waals surface area contributed by atoms with E-state index < -0.39 is 6.10 Å². The third-order valence-electron chi connectivity index (χ3n) is 5.68. The van der Waals surface area contributed by atoms with E-state index in [1.165, 1.54) is 0 Å². The molecule has 2 heterocycles. The molecule has 7 heteroatoms. The maximum absolute atomic E-state index is 13.0. The smallest absolute Gasteiger partial charge is 0.266 e. The number of hydrogen-bond donors (Lipinski definition) is 2. The first-order valence-corrected chi connectivity index (χ1v) is 11.6. The van der Waals surface area contributed by atoms with Gasteiger partial charge in [0, 0.05) is 30.2 Å². The number of aliphatic imine (C=N–C) groups is 2. The maximum atomic E-state index is 13.0. The van der Waals surface area contributed by atoms with Gasteiger partial charge in [-0.05, 0) is 44.4 Å². The molecule has 7 nitrogen and oxygen atoms in total. The van der Waals surface area contributed by atoms with Crippen LogP contribution in [-0.4, -0.2) is 54.9 Å². The number of benzene rings is 1. The second-order valence-electron chi connectivity index (χ2n) is 9.00. The van der Waals surface area contributed by atoms with Crippen molar-refractivity contribution in [1.29, 1.82) is 0 Å². The van der Waals surface area contributed by atoms with Crippen LogP contribution in [0.15, 0.2) is 52.3 Å². The number of amides is 1. The molecule has 1 fully saturated rings. The van der Waals surface area contributed by atoms with Gasteiger partial charge >= 0.3 is 0 Å². The Morgan fingerprint density at radius 2 is 2.18 bits per heavy atom. The average molecular weight is 454 g/mol. The summed E-state index contributed by atoms with van der Waals surface area (Å²) in [6.07, 6.45) is 6.89. The quantitative estimate of drug-likeness (QED) is 0.456. The highest BCUT2D eigenvalue weighted by Crippen LogP contribution is 2.37. The molecule has 2 unspecified atom stereocenters. The molecular weight excluding hydrogens is 418 g/mol. The second kappa shape index (κ2) is 11.4. The minimum atomic E-state index is -0.702. The number of para-hydroxylation sites is 1. The minimum Gasteiger partial charge on any atom is -0.478 e. The fraction of sp³-hybridized carbons (Fsp3) is 0.500. The Morgan fingerprint density at radius 1 is 1.39 bits per heavy atom. The van der Waals surface area contributed by atoms with E-state index in [1.54, 1.807) is 0 Å². The fourth-order valence-electron chi connectivity index (χ4n) is 3.94. The van der Waals surface area contributed by atoms with Crippen LogP contribution in [0.3, 0.4) is 0 Å². The monoisotopic (exact) mass is 453 g/mol. The molecule has 1 aromatic carbocycles. The lowest BCUT2D eigenvalue weighted by atomic mass is 9.83. The molecule has 178 valence electrons. The Bertz CT molecular complexity index is 962. The third kappa shape index (κ3) is 6.85. The number of allylic oxidation sites excluding steroid dienone is 3. The molecule has 0 radical (unpaired) electrons. The first-order chi connectivity index (χ1) is 15.8. The Kier molecular flexibility index (Phi) is 8.58. The summed E-state index contributed by atoms with van der Waals surface area (Å²) in [7, 11) is 0. The van der Waals surface area contributed by atoms with Crippen molar-refractivity contribution in [3.05, 3.63) is 47.9 Å². The summed E-state index contributed by atoms with van der Waals surface area (Å²) < 4.78 is 10.8. The van der Waals surface area contributed by atoms with Gasteiger partial charge in [0.05, 0.1) is 31.0 Å². The lowest BCUT2D eigenvalue weighted by Crippen LogP contribution is -2.50. The van der Waals surface area contributed by atoms with Crippen LogP contribution in [0.2, 0.25) is 0 Å². The zero-order chi connectivity index (χ0) is 23.8. The molecular formula is C26H35N3O4. The van der Waals surface area contributed by atoms with Crippen LogP contribution >= 0.6 is 0 Å². The Hall–Kier alpha value is -2.77. The van der Waals surface area contributed by atoms with E-state index in [4.69, 9.17) is 14.5 Å². The van der Waals surface area contributed by atoms with E-state index in [1.807, 2.05) is 50.4 Å². The highest BCUT2D eigenvalue weighted by atomic mass is 16.5. The third-order valence-corrected chi connectivity index (χ3v) is 5.68. The van der Waals surface area contributed by atoms with Crippen molar-refractivity contribution in [2.24, 2.45) is 15.4 Å². The van der Waals surface area contributed by atoms with Gasteiger partial charge < -0.3 is 19.9 Å². The van der Waals surface area contributed by atoms with E-state index in [9.17, 15) is 9.90 Å². The van der Waals surface area contributed by atoms with Crippen molar-refractivity contribution in [3.63, 3.8) is 0 Å². The molecule has 2 aliphatic heterocycles. The molecule has 1 aromatic rings. The molecule has 0 aliphatic carbocycles. The average Bonchev–Trinajstić information content (AvgIpc) is 2.97. The van der Waals surface area contributed by atoms with E-state index in [0.29, 0.717) is 37.7 Å². The molecule has 3 rings (SSSR count). The van der Waals surface area contributed by atoms with Gasteiger partial charge in [0.2, 0.25) is 5.88 Å². The zero-order valence-corrected chi connectivity index (χ0v) is 20.0. The maximum Gasteiger partial charge on any atom is 0.266 e. The number of nitrogens with one attached hydrogen (secondary N) is 1. The summed E-state index contributed by atoms with van der Waals surface area (Å²) in [5.41, 5.74) is 3.12. The number of hydrogen-bond acceptors (Lipinski definition) is 6. The van der Waals surface area contributed by atoms with Gasteiger partial charge in [0.1, 0.15) is 5.71 Å². The number of nitrogens with zero attached hydrogens (tertiary/aromatic N) is 2. The number of carbonyl (C=O) groups excluding carboxylic acids is 1. The number of aliphatic hydroxyl groups excluding tert-OH is 1. The van der Waals surface area contributed by atoms with Gasteiger partial charge in [-0.15, -0.1) is 0 Å². The van der Waals surface area contributed by atoms with E-state index >= 15 is 0 Å². The Balaban J connectivity index is 1.79. The topological polar surface area (TPSA) is 92.5 Å². The van der Waals surface area contributed by atoms with Crippen LogP contribution in [0.5, 0.6) is 0 Å². The van der Waals surface area contributed by atoms with E-state index in [2.05, 4.69) is 30.2 Å². The molecule has 1 saturated heterocycles. The van der Waals surface area contributed by atoms with E-state index in [0.717, 1.165) is 23.2 Å². The molecule has 2 atom stereocenters. The fourth-order valence-corrected chi connectivity index (χ4v) is 3.94. The number of ether oxygens (including phenoxy) is 2. The van der Waals surface area contributed by atoms with Crippen LogP contribution < -0.4 is 5.32 Å². The lowest BCUT2D eigenvalue weighted by Gasteiger charge is -2.28. The van der Waals surface area contributed by atoms with Crippen molar-refractivity contribution in [3.8, 4) is 0 Å². The van der Waals surface area contributed by atoms with Crippen LogP contribution in [0.1, 0.15) is 52.5 Å². The molecule has 0 bridgehead atoms. The second-order valence-corrected chi connectivity index (χ2v) is 9.00. The van der Waals surface area contributed by atoms with Crippen LogP contribution in [-0.2, 0) is 14.3 Å². The van der Waals surface area contributed by atoms with Gasteiger partial charge in [0.25, 0.3) is 5.91 Å². The van der Waals surface area contributed by atoms with Crippen molar-refractivity contribution in [2.45, 2.75) is 59.1 Å². The van der Waals surface area contributed by atoms with Crippen LogP contribution in [0.25, 0.3) is 5.57 Å². The predicted octanol–water partition coefficient (Wildman–Crippen LogP) is 4.20. The molecule has 2 aliphatic rings. The van der Waals surface area contributed by atoms with Gasteiger partial charge in [-0.2, -0.15) is 0 Å². The molecule has 0 saturated carbocycles. The van der Waals surface area contributed by atoms with Crippen molar-refractivity contribution in [1.82, 2.24) is 5.32 Å². The number of rotatable bonds is 8. The van der Waals surface area contributed by atoms with Gasteiger partial charge in [-0.1, -0.05) is 38.1 Å². The zero-order valence-electron chi connectivity index (χ0n) is 20.0. The van der Waals surface area contributed by atoms with Gasteiger partial charge in [-0.3, -0.25) is 4.79 Å².